The van der Waals surface area contributed by atoms with Crippen LogP contribution < -0.4 is 5.73 Å². The van der Waals surface area contributed by atoms with Crippen molar-refractivity contribution >= 4 is 11.6 Å². The fourth-order valence-corrected chi connectivity index (χ4v) is 1.93. The van der Waals surface area contributed by atoms with E-state index in [1.807, 2.05) is 6.92 Å². The summed E-state index contributed by atoms with van der Waals surface area (Å²) in [4.78, 5) is 14.0. The molecule has 0 saturated carbocycles. The molecule has 6 heteroatoms. The van der Waals surface area contributed by atoms with Crippen molar-refractivity contribution in [1.29, 1.82) is 0 Å². The number of nitrogens with two attached hydrogens (primary N) is 1. The number of ether oxygens (including phenoxy) is 1. The van der Waals surface area contributed by atoms with Gasteiger partial charge in [0.15, 0.2) is 5.69 Å². The molecular weight excluding hydrogens is 220 g/mol. The molecule has 1 fully saturated rings. The third-order valence-electron chi connectivity index (χ3n) is 2.94. The summed E-state index contributed by atoms with van der Waals surface area (Å²) in [5, 5.41) is 6.69. The topological polar surface area (TPSA) is 84.2 Å². The van der Waals surface area contributed by atoms with Gasteiger partial charge in [0, 0.05) is 19.7 Å². The molecule has 1 unspecified atom stereocenters. The summed E-state index contributed by atoms with van der Waals surface area (Å²) in [7, 11) is 0. The van der Waals surface area contributed by atoms with E-state index in [2.05, 4.69) is 10.2 Å². The highest BCUT2D eigenvalue weighted by atomic mass is 16.5. The monoisotopic (exact) mass is 238 g/mol. The number of hydrogen-bond acceptors (Lipinski definition) is 4. The first-order valence-corrected chi connectivity index (χ1v) is 5.81. The van der Waals surface area contributed by atoms with E-state index in [0.717, 1.165) is 12.1 Å². The van der Waals surface area contributed by atoms with Gasteiger partial charge in [0.2, 0.25) is 0 Å². The molecule has 1 aromatic heterocycles. The maximum absolute atomic E-state index is 12.2. The molecule has 1 aliphatic rings. The summed E-state index contributed by atoms with van der Waals surface area (Å²) >= 11 is 0. The average molecular weight is 238 g/mol. The number of amides is 1. The SMILES string of the molecule is Cc1[nH]nc(C(=O)N2CCCOC(C)C2)c1N. The third kappa shape index (κ3) is 2.41. The molecule has 0 spiro atoms. The molecule has 1 atom stereocenters. The van der Waals surface area contributed by atoms with E-state index >= 15 is 0 Å². The molecule has 2 heterocycles. The fraction of sp³-hybridized carbons (Fsp3) is 0.636. The molecular formula is C11H18N4O2. The molecule has 2 rings (SSSR count). The number of rotatable bonds is 1. The Bertz CT molecular complexity index is 416. The highest BCUT2D eigenvalue weighted by molar-refractivity contribution is 5.97. The van der Waals surface area contributed by atoms with Crippen LogP contribution in [0.5, 0.6) is 0 Å². The zero-order valence-electron chi connectivity index (χ0n) is 10.2. The van der Waals surface area contributed by atoms with Gasteiger partial charge >= 0.3 is 0 Å². The van der Waals surface area contributed by atoms with Gasteiger partial charge in [0.25, 0.3) is 5.91 Å². The first kappa shape index (κ1) is 11.9. The van der Waals surface area contributed by atoms with Gasteiger partial charge in [-0.05, 0) is 20.3 Å². The minimum Gasteiger partial charge on any atom is -0.395 e. The molecule has 17 heavy (non-hydrogen) atoms. The molecule has 0 aromatic carbocycles. The molecule has 6 nitrogen and oxygen atoms in total. The van der Waals surface area contributed by atoms with Crippen molar-refractivity contribution in [3.8, 4) is 0 Å². The lowest BCUT2D eigenvalue weighted by Crippen LogP contribution is -2.36. The Balaban J connectivity index is 2.16. The highest BCUT2D eigenvalue weighted by Gasteiger charge is 2.24. The zero-order valence-corrected chi connectivity index (χ0v) is 10.2. The number of nitrogens with zero attached hydrogens (tertiary/aromatic N) is 2. The Kier molecular flexibility index (Phi) is 3.33. The van der Waals surface area contributed by atoms with Crippen LogP contribution in [0.3, 0.4) is 0 Å². The molecule has 94 valence electrons. The average Bonchev–Trinajstić information content (AvgIpc) is 2.53. The summed E-state index contributed by atoms with van der Waals surface area (Å²) in [6.07, 6.45) is 0.905. The summed E-state index contributed by atoms with van der Waals surface area (Å²) in [6.45, 7) is 5.73. The normalized spacial score (nSPS) is 21.3. The standard InChI is InChI=1S/C11H18N4O2/c1-7-6-15(4-3-5-17-7)11(16)10-9(12)8(2)13-14-10/h7H,3-6,12H2,1-2H3,(H,13,14). The largest absolute Gasteiger partial charge is 0.395 e. The number of carbonyl (C=O) groups excluding carboxylic acids is 1. The zero-order chi connectivity index (χ0) is 12.4. The van der Waals surface area contributed by atoms with Gasteiger partial charge in [-0.2, -0.15) is 5.10 Å². The van der Waals surface area contributed by atoms with Crippen LogP contribution >= 0.6 is 0 Å². The second-order valence-electron chi connectivity index (χ2n) is 4.40. The van der Waals surface area contributed by atoms with Crippen molar-refractivity contribution in [3.63, 3.8) is 0 Å². The Morgan fingerprint density at radius 2 is 2.41 bits per heavy atom. The molecule has 1 saturated heterocycles. The van der Waals surface area contributed by atoms with Crippen LogP contribution in [-0.4, -0.2) is 46.8 Å². The van der Waals surface area contributed by atoms with E-state index in [1.165, 1.54) is 0 Å². The summed E-state index contributed by atoms with van der Waals surface area (Å²) < 4.78 is 5.50. The van der Waals surface area contributed by atoms with Gasteiger partial charge in [0.05, 0.1) is 17.5 Å². The van der Waals surface area contributed by atoms with Gasteiger partial charge in [-0.1, -0.05) is 0 Å². The Morgan fingerprint density at radius 3 is 3.06 bits per heavy atom. The smallest absolute Gasteiger partial charge is 0.276 e. The minimum atomic E-state index is -0.121. The highest BCUT2D eigenvalue weighted by Crippen LogP contribution is 2.16. The van der Waals surface area contributed by atoms with E-state index in [-0.39, 0.29) is 12.0 Å². The molecule has 1 amide bonds. The summed E-state index contributed by atoms with van der Waals surface area (Å²) in [5.74, 6) is -0.121. The second-order valence-corrected chi connectivity index (χ2v) is 4.40. The maximum atomic E-state index is 12.2. The van der Waals surface area contributed by atoms with Crippen LogP contribution in [0.1, 0.15) is 29.5 Å². The van der Waals surface area contributed by atoms with Gasteiger partial charge < -0.3 is 15.4 Å². The van der Waals surface area contributed by atoms with E-state index < -0.39 is 0 Å². The van der Waals surface area contributed by atoms with Crippen LogP contribution in [0.4, 0.5) is 5.69 Å². The lowest BCUT2D eigenvalue weighted by molar-refractivity contribution is 0.0560. The van der Waals surface area contributed by atoms with Crippen molar-refractivity contribution in [2.75, 3.05) is 25.4 Å². The van der Waals surface area contributed by atoms with Gasteiger partial charge in [-0.25, -0.2) is 0 Å². The van der Waals surface area contributed by atoms with Crippen molar-refractivity contribution in [2.45, 2.75) is 26.4 Å². The molecule has 0 radical (unpaired) electrons. The lowest BCUT2D eigenvalue weighted by atomic mass is 10.2. The number of aromatic nitrogens is 2. The van der Waals surface area contributed by atoms with E-state index in [4.69, 9.17) is 10.5 Å². The van der Waals surface area contributed by atoms with Crippen LogP contribution in [-0.2, 0) is 4.74 Å². The third-order valence-corrected chi connectivity index (χ3v) is 2.94. The Labute approximate surface area is 100 Å². The lowest BCUT2D eigenvalue weighted by Gasteiger charge is -2.21. The number of anilines is 1. The number of nitrogens with one attached hydrogen (secondary N) is 1. The van der Waals surface area contributed by atoms with Crippen molar-refractivity contribution in [3.05, 3.63) is 11.4 Å². The second kappa shape index (κ2) is 4.75. The number of aryl methyl sites for hydroxylation is 1. The van der Waals surface area contributed by atoms with Crippen molar-refractivity contribution in [1.82, 2.24) is 15.1 Å². The van der Waals surface area contributed by atoms with Gasteiger partial charge in [-0.3, -0.25) is 9.89 Å². The number of hydrogen-bond donors (Lipinski definition) is 2. The predicted molar refractivity (Wildman–Crippen MR) is 63.7 cm³/mol. The first-order chi connectivity index (χ1) is 8.09. The van der Waals surface area contributed by atoms with Crippen molar-refractivity contribution < 1.29 is 9.53 Å². The maximum Gasteiger partial charge on any atom is 0.276 e. The molecule has 0 bridgehead atoms. The summed E-state index contributed by atoms with van der Waals surface area (Å²) in [6, 6.07) is 0. The van der Waals surface area contributed by atoms with Gasteiger partial charge in [-0.15, -0.1) is 0 Å². The number of H-pyrrole nitrogens is 1. The number of carbonyl (C=O) groups is 1. The van der Waals surface area contributed by atoms with Crippen LogP contribution in [0, 0.1) is 6.92 Å². The fourth-order valence-electron chi connectivity index (χ4n) is 1.93. The molecule has 1 aromatic rings. The Hall–Kier alpha value is -1.56. The summed E-state index contributed by atoms with van der Waals surface area (Å²) in [5.41, 5.74) is 7.29. The van der Waals surface area contributed by atoms with Gasteiger partial charge in [0.1, 0.15) is 0 Å². The van der Waals surface area contributed by atoms with E-state index in [0.29, 0.717) is 31.1 Å². The first-order valence-electron chi connectivity index (χ1n) is 5.81. The predicted octanol–water partition coefficient (Wildman–Crippen LogP) is 0.551. The molecule has 3 N–H and O–H groups in total. The minimum absolute atomic E-state index is 0.0581. The quantitative estimate of drug-likeness (QED) is 0.748. The number of aromatic amines is 1. The van der Waals surface area contributed by atoms with Crippen LogP contribution in [0.25, 0.3) is 0 Å². The van der Waals surface area contributed by atoms with Crippen LogP contribution in [0.15, 0.2) is 0 Å². The van der Waals surface area contributed by atoms with Crippen LogP contribution in [0.2, 0.25) is 0 Å². The molecule has 0 aliphatic carbocycles. The van der Waals surface area contributed by atoms with Crippen molar-refractivity contribution in [2.24, 2.45) is 0 Å². The van der Waals surface area contributed by atoms with E-state index in [1.54, 1.807) is 11.8 Å². The number of nitrogen functional groups attached to an aromatic ring is 1. The Morgan fingerprint density at radius 1 is 1.65 bits per heavy atom. The molecule has 1 aliphatic heterocycles. The van der Waals surface area contributed by atoms with E-state index in [9.17, 15) is 4.79 Å².